The number of hydrogen-bond acceptors (Lipinski definition) is 4. The molecule has 0 aliphatic carbocycles. The maximum atomic E-state index is 11.9. The van der Waals surface area contributed by atoms with Crippen molar-refractivity contribution in [2.75, 3.05) is 18.1 Å². The van der Waals surface area contributed by atoms with Gasteiger partial charge in [0.1, 0.15) is 6.04 Å². The lowest BCUT2D eigenvalue weighted by Crippen LogP contribution is -2.65. The molecule has 2 rings (SSSR count). The number of carbonyl (C=O) groups is 2. The Morgan fingerprint density at radius 1 is 1.41 bits per heavy atom. The molecule has 0 aromatic rings. The highest BCUT2D eigenvalue weighted by atomic mass is 32.2. The fourth-order valence-corrected chi connectivity index (χ4v) is 4.81. The number of nitrogens with zero attached hydrogens (tertiary/aromatic N) is 1. The van der Waals surface area contributed by atoms with Crippen LogP contribution in [0.4, 0.5) is 0 Å². The molecule has 2 saturated heterocycles. The summed E-state index contributed by atoms with van der Waals surface area (Å²) >= 11 is 0. The van der Waals surface area contributed by atoms with E-state index in [2.05, 4.69) is 5.32 Å². The Hall–Kier alpha value is -1.11. The van der Waals surface area contributed by atoms with E-state index in [1.165, 1.54) is 4.90 Å². The molecule has 7 heteroatoms. The van der Waals surface area contributed by atoms with Crippen LogP contribution in [-0.2, 0) is 19.4 Å². The van der Waals surface area contributed by atoms with Crippen LogP contribution in [0.15, 0.2) is 0 Å². The first-order chi connectivity index (χ1) is 7.75. The number of sulfone groups is 1. The van der Waals surface area contributed by atoms with E-state index in [0.29, 0.717) is 6.42 Å². The zero-order chi connectivity index (χ0) is 12.8. The van der Waals surface area contributed by atoms with Crippen molar-refractivity contribution >= 4 is 21.7 Å². The monoisotopic (exact) mass is 260 g/mol. The minimum atomic E-state index is -3.09. The lowest BCUT2D eigenvalue weighted by Gasteiger charge is -2.43. The van der Waals surface area contributed by atoms with Crippen molar-refractivity contribution in [1.29, 1.82) is 0 Å². The van der Waals surface area contributed by atoms with Crippen molar-refractivity contribution in [2.24, 2.45) is 0 Å². The van der Waals surface area contributed by atoms with Crippen LogP contribution < -0.4 is 5.32 Å². The molecule has 0 bridgehead atoms. The third-order valence-electron chi connectivity index (χ3n) is 3.51. The van der Waals surface area contributed by atoms with Crippen LogP contribution in [0.3, 0.4) is 0 Å². The standard InChI is InChI=1S/C10H16N2O4S/c1-7-9(14)11-5-8(13)12(7)10(2)3-4-17(15,16)6-10/h7H,3-6H2,1-2H3,(H,11,14). The molecule has 2 amide bonds. The van der Waals surface area contributed by atoms with Crippen LogP contribution in [0, 0.1) is 0 Å². The fourth-order valence-electron chi connectivity index (χ4n) is 2.68. The Labute approximate surface area is 100 Å². The minimum absolute atomic E-state index is 0.0428. The number of hydrogen-bond donors (Lipinski definition) is 1. The summed E-state index contributed by atoms with van der Waals surface area (Å²) in [4.78, 5) is 24.9. The normalized spacial score (nSPS) is 37.1. The molecule has 0 spiro atoms. The van der Waals surface area contributed by atoms with Crippen molar-refractivity contribution in [3.8, 4) is 0 Å². The van der Waals surface area contributed by atoms with Gasteiger partial charge in [-0.3, -0.25) is 9.59 Å². The van der Waals surface area contributed by atoms with Gasteiger partial charge < -0.3 is 10.2 Å². The van der Waals surface area contributed by atoms with Crippen molar-refractivity contribution in [1.82, 2.24) is 10.2 Å². The predicted molar refractivity (Wildman–Crippen MR) is 61.0 cm³/mol. The van der Waals surface area contributed by atoms with Crippen LogP contribution in [0.2, 0.25) is 0 Å². The van der Waals surface area contributed by atoms with Gasteiger partial charge in [0.25, 0.3) is 0 Å². The number of carbonyl (C=O) groups excluding carboxylic acids is 2. The second kappa shape index (κ2) is 3.69. The Bertz CT molecular complexity index is 473. The van der Waals surface area contributed by atoms with Gasteiger partial charge in [-0.2, -0.15) is 0 Å². The molecule has 2 atom stereocenters. The molecule has 1 N–H and O–H groups in total. The van der Waals surface area contributed by atoms with Crippen LogP contribution in [0.25, 0.3) is 0 Å². The number of piperazine rings is 1. The Kier molecular flexibility index (Phi) is 2.68. The van der Waals surface area contributed by atoms with E-state index in [1.807, 2.05) is 0 Å². The van der Waals surface area contributed by atoms with Crippen molar-refractivity contribution < 1.29 is 18.0 Å². The summed E-state index contributed by atoms with van der Waals surface area (Å²) in [5.74, 6) is -0.405. The third-order valence-corrected chi connectivity index (χ3v) is 5.40. The van der Waals surface area contributed by atoms with E-state index in [0.717, 1.165) is 0 Å². The summed E-state index contributed by atoms with van der Waals surface area (Å²) < 4.78 is 23.1. The van der Waals surface area contributed by atoms with Gasteiger partial charge in [-0.25, -0.2) is 8.42 Å². The fraction of sp³-hybridized carbons (Fsp3) is 0.800. The van der Waals surface area contributed by atoms with E-state index in [-0.39, 0.29) is 29.9 Å². The Morgan fingerprint density at radius 3 is 2.59 bits per heavy atom. The zero-order valence-corrected chi connectivity index (χ0v) is 10.7. The van der Waals surface area contributed by atoms with Crippen LogP contribution >= 0.6 is 0 Å². The topological polar surface area (TPSA) is 83.6 Å². The summed E-state index contributed by atoms with van der Waals surface area (Å²) in [7, 11) is -3.09. The Balaban J connectivity index is 2.32. The van der Waals surface area contributed by atoms with Gasteiger partial charge in [0.05, 0.1) is 23.6 Å². The van der Waals surface area contributed by atoms with Crippen molar-refractivity contribution in [3.63, 3.8) is 0 Å². The molecule has 2 fully saturated rings. The van der Waals surface area contributed by atoms with Gasteiger partial charge in [-0.15, -0.1) is 0 Å². The lowest BCUT2D eigenvalue weighted by molar-refractivity contribution is -0.150. The lowest BCUT2D eigenvalue weighted by atomic mass is 9.95. The molecule has 2 aliphatic rings. The second-order valence-corrected chi connectivity index (χ2v) is 7.18. The molecule has 2 aliphatic heterocycles. The van der Waals surface area contributed by atoms with Gasteiger partial charge in [0, 0.05) is 0 Å². The molecule has 0 radical (unpaired) electrons. The summed E-state index contributed by atoms with van der Waals surface area (Å²) in [5, 5.41) is 2.49. The summed E-state index contributed by atoms with van der Waals surface area (Å²) in [5.41, 5.74) is -0.743. The minimum Gasteiger partial charge on any atom is -0.345 e. The summed E-state index contributed by atoms with van der Waals surface area (Å²) in [6.45, 7) is 3.33. The first-order valence-electron chi connectivity index (χ1n) is 5.55. The quantitative estimate of drug-likeness (QED) is 0.649. The smallest absolute Gasteiger partial charge is 0.243 e. The first-order valence-corrected chi connectivity index (χ1v) is 7.38. The maximum absolute atomic E-state index is 11.9. The number of amides is 2. The molecular weight excluding hydrogens is 244 g/mol. The molecular formula is C10H16N2O4S. The van der Waals surface area contributed by atoms with E-state index in [9.17, 15) is 18.0 Å². The average Bonchev–Trinajstić information content (AvgIpc) is 2.48. The SMILES string of the molecule is CC1C(=O)NCC(=O)N1C1(C)CCS(=O)(=O)C1. The summed E-state index contributed by atoms with van der Waals surface area (Å²) in [6.07, 6.45) is 0.401. The van der Waals surface area contributed by atoms with Crippen LogP contribution in [-0.4, -0.2) is 54.8 Å². The van der Waals surface area contributed by atoms with Crippen molar-refractivity contribution in [3.05, 3.63) is 0 Å². The largest absolute Gasteiger partial charge is 0.345 e. The molecule has 0 aromatic heterocycles. The van der Waals surface area contributed by atoms with Gasteiger partial charge in [-0.1, -0.05) is 0 Å². The van der Waals surface area contributed by atoms with E-state index >= 15 is 0 Å². The molecule has 0 saturated carbocycles. The van der Waals surface area contributed by atoms with E-state index in [1.54, 1.807) is 13.8 Å². The molecule has 0 aromatic carbocycles. The second-order valence-electron chi connectivity index (χ2n) is 5.00. The highest BCUT2D eigenvalue weighted by molar-refractivity contribution is 7.91. The highest BCUT2D eigenvalue weighted by Crippen LogP contribution is 2.32. The number of nitrogens with one attached hydrogen (secondary N) is 1. The summed E-state index contributed by atoms with van der Waals surface area (Å²) in [6, 6.07) is -0.602. The average molecular weight is 260 g/mol. The zero-order valence-electron chi connectivity index (χ0n) is 9.89. The van der Waals surface area contributed by atoms with Gasteiger partial charge in [0.2, 0.25) is 11.8 Å². The molecule has 2 heterocycles. The first kappa shape index (κ1) is 12.3. The predicted octanol–water partition coefficient (Wildman–Crippen LogP) is -1.09. The van der Waals surface area contributed by atoms with Crippen LogP contribution in [0.5, 0.6) is 0 Å². The van der Waals surface area contributed by atoms with Gasteiger partial charge in [-0.05, 0) is 20.3 Å². The van der Waals surface area contributed by atoms with Crippen LogP contribution in [0.1, 0.15) is 20.3 Å². The van der Waals surface area contributed by atoms with Gasteiger partial charge >= 0.3 is 0 Å². The van der Waals surface area contributed by atoms with Gasteiger partial charge in [0.15, 0.2) is 9.84 Å². The molecule has 2 unspecified atom stereocenters. The molecule has 6 nitrogen and oxygen atoms in total. The number of rotatable bonds is 1. The Morgan fingerprint density at radius 2 is 2.06 bits per heavy atom. The highest BCUT2D eigenvalue weighted by Gasteiger charge is 2.49. The molecule has 96 valence electrons. The third kappa shape index (κ3) is 2.03. The molecule has 17 heavy (non-hydrogen) atoms. The van der Waals surface area contributed by atoms with Crippen molar-refractivity contribution in [2.45, 2.75) is 31.8 Å². The van der Waals surface area contributed by atoms with E-state index < -0.39 is 21.4 Å². The van der Waals surface area contributed by atoms with E-state index in [4.69, 9.17) is 0 Å². The maximum Gasteiger partial charge on any atom is 0.243 e.